The zero-order chi connectivity index (χ0) is 26.7. The number of rotatable bonds is 6. The van der Waals surface area contributed by atoms with E-state index in [1.165, 1.54) is 24.5 Å². The summed E-state index contributed by atoms with van der Waals surface area (Å²) in [6.07, 6.45) is -1.94. The van der Waals surface area contributed by atoms with Crippen molar-refractivity contribution in [3.63, 3.8) is 0 Å². The van der Waals surface area contributed by atoms with Crippen molar-refractivity contribution < 1.29 is 39.5 Å². The first-order chi connectivity index (χ1) is 16.5. The van der Waals surface area contributed by atoms with Crippen LogP contribution in [0.5, 0.6) is 0 Å². The Bertz CT molecular complexity index is 1510. The summed E-state index contributed by atoms with van der Waals surface area (Å²) < 4.78 is 93.5. The summed E-state index contributed by atoms with van der Waals surface area (Å²) in [5.74, 6) is -2.19. The molecule has 0 radical (unpaired) electrons. The Hall–Kier alpha value is -2.33. The zero-order valence-corrected chi connectivity index (χ0v) is 22.1. The number of benzene rings is 1. The molecule has 0 saturated carbocycles. The van der Waals surface area contributed by atoms with Crippen LogP contribution >= 0.6 is 11.3 Å². The fraction of sp³-hybridized carbons (Fsp3) is 0.429. The topological polar surface area (TPSA) is 123 Å². The quantitative estimate of drug-likeness (QED) is 0.421. The lowest BCUT2D eigenvalue weighted by Crippen LogP contribution is -3.18. The Labute approximate surface area is 209 Å². The maximum absolute atomic E-state index is 13.4. The number of halogens is 3. The predicted molar refractivity (Wildman–Crippen MR) is 129 cm³/mol. The van der Waals surface area contributed by atoms with Crippen LogP contribution < -0.4 is 9.03 Å². The first-order valence-corrected chi connectivity index (χ1v) is 15.6. The molecule has 4 rings (SSSR count). The van der Waals surface area contributed by atoms with Crippen LogP contribution in [0, 0.1) is 0 Å². The molecule has 1 amide bonds. The Kier molecular flexibility index (Phi) is 6.40. The van der Waals surface area contributed by atoms with Gasteiger partial charge in [-0.1, -0.05) is 9.53 Å². The summed E-state index contributed by atoms with van der Waals surface area (Å²) in [7, 11) is -8.78. The van der Waals surface area contributed by atoms with Crippen molar-refractivity contribution >= 4 is 47.8 Å². The van der Waals surface area contributed by atoms with E-state index in [0.717, 1.165) is 29.5 Å². The molecule has 0 bridgehead atoms. The normalized spacial score (nSPS) is 16.9. The van der Waals surface area contributed by atoms with Crippen molar-refractivity contribution in [1.29, 1.82) is 0 Å². The molecule has 9 nitrogen and oxygen atoms in total. The van der Waals surface area contributed by atoms with Crippen molar-refractivity contribution in [2.75, 3.05) is 19.3 Å². The van der Waals surface area contributed by atoms with Crippen molar-refractivity contribution in [2.45, 2.75) is 47.3 Å². The van der Waals surface area contributed by atoms with Crippen LogP contribution in [0.25, 0.3) is 11.0 Å². The van der Waals surface area contributed by atoms with E-state index in [1.54, 1.807) is 13.8 Å². The molecule has 0 unspecified atom stereocenters. The molecule has 0 spiro atoms. The molecule has 0 aliphatic carbocycles. The number of imidazole rings is 1. The Morgan fingerprint density at radius 3 is 2.44 bits per heavy atom. The molecule has 3 aromatic rings. The van der Waals surface area contributed by atoms with Gasteiger partial charge in [0.15, 0.2) is 4.21 Å². The summed E-state index contributed by atoms with van der Waals surface area (Å²) in [6, 6.07) is 5.45. The highest BCUT2D eigenvalue weighted by Gasteiger charge is 2.40. The third-order valence-corrected chi connectivity index (χ3v) is 13.1. The van der Waals surface area contributed by atoms with Gasteiger partial charge in [-0.25, -0.2) is 22.4 Å². The van der Waals surface area contributed by atoms with Gasteiger partial charge < -0.3 is 4.57 Å². The average Bonchev–Trinajstić information content (AvgIpc) is 3.52. The van der Waals surface area contributed by atoms with E-state index in [2.05, 4.69) is 4.98 Å². The van der Waals surface area contributed by atoms with E-state index >= 15 is 0 Å². The number of nitrogens with one attached hydrogen (secondary N) is 2. The maximum atomic E-state index is 13.4. The van der Waals surface area contributed by atoms with Gasteiger partial charge >= 0.3 is 6.18 Å². The number of carbonyl (C=O) groups is 1. The van der Waals surface area contributed by atoms with E-state index in [1.807, 2.05) is 4.72 Å². The number of hydrogen-bond donors (Lipinski definition) is 3. The summed E-state index contributed by atoms with van der Waals surface area (Å²) in [5.41, 5.74) is -0.163. The molecule has 1 fully saturated rings. The standard InChI is InChI=1S/C21H25F3N4O5S3/c1-13(2)28-16-7-6-14(12-15(16)25-20(28)21(22,23)24)19(29)26-35(30,31)17-8-9-18(34-17)36(3,32,33)27-10-4-5-11-27/h6-9,12-13H,4-5,10-11H2,1-3H3,(H,26,29)(H,32,33)/p+1. The Morgan fingerprint density at radius 1 is 1.22 bits per heavy atom. The minimum atomic E-state index is -4.72. The number of fused-ring (bicyclic) bond motifs is 1. The van der Waals surface area contributed by atoms with E-state index in [9.17, 15) is 35.1 Å². The summed E-state index contributed by atoms with van der Waals surface area (Å²) in [4.78, 5) is 16.4. The molecule has 3 heterocycles. The minimum Gasteiger partial charge on any atom is -0.318 e. The van der Waals surface area contributed by atoms with Crippen LogP contribution in [0.15, 0.2) is 38.8 Å². The highest BCUT2D eigenvalue weighted by molar-refractivity contribution is 8.10. The maximum Gasteiger partial charge on any atom is 0.449 e. The second-order valence-electron chi connectivity index (χ2n) is 9.14. The largest absolute Gasteiger partial charge is 0.449 e. The summed E-state index contributed by atoms with van der Waals surface area (Å²) in [5, 5.41) is 0. The predicted octanol–water partition coefficient (Wildman–Crippen LogP) is 2.69. The molecule has 15 heteroatoms. The van der Waals surface area contributed by atoms with E-state index < -0.39 is 43.5 Å². The van der Waals surface area contributed by atoms with Crippen molar-refractivity contribution in [3.8, 4) is 0 Å². The lowest BCUT2D eigenvalue weighted by molar-refractivity contribution is -0.761. The molecule has 3 N–H and O–H groups in total. The minimum absolute atomic E-state index is 0.00273. The van der Waals surface area contributed by atoms with E-state index in [0.29, 0.717) is 28.7 Å². The fourth-order valence-corrected chi connectivity index (χ4v) is 9.80. The number of sulfonamides is 1. The van der Waals surface area contributed by atoms with Gasteiger partial charge in [0, 0.05) is 24.4 Å². The SMILES string of the molecule is CC(C)n1c(C(F)(F)F)nc2cc(C(=O)NS(=O)(=O)c3ccc(S(C)(=O)(O)[NH+]4CCCC4)s3)ccc21. The second kappa shape index (κ2) is 8.62. The third kappa shape index (κ3) is 4.69. The number of nitrogens with zero attached hydrogens (tertiary/aromatic N) is 2. The smallest absolute Gasteiger partial charge is 0.318 e. The van der Waals surface area contributed by atoms with Gasteiger partial charge in [-0.3, -0.25) is 9.35 Å². The van der Waals surface area contributed by atoms with Crippen LogP contribution in [0.4, 0.5) is 13.2 Å². The van der Waals surface area contributed by atoms with Gasteiger partial charge in [-0.2, -0.15) is 17.4 Å². The van der Waals surface area contributed by atoms with Crippen LogP contribution in [0.3, 0.4) is 0 Å². The van der Waals surface area contributed by atoms with Crippen LogP contribution in [0.2, 0.25) is 0 Å². The lowest BCUT2D eigenvalue weighted by atomic mass is 10.2. The number of carbonyl (C=O) groups excluding carboxylic acids is 1. The Balaban J connectivity index is 1.62. The molecule has 0 atom stereocenters. The molecular weight excluding hydrogens is 541 g/mol. The number of alkyl halides is 3. The Morgan fingerprint density at radius 2 is 1.86 bits per heavy atom. The van der Waals surface area contributed by atoms with Crippen molar-refractivity contribution in [1.82, 2.24) is 14.3 Å². The van der Waals surface area contributed by atoms with Crippen molar-refractivity contribution in [3.05, 3.63) is 41.7 Å². The fourth-order valence-electron chi connectivity index (χ4n) is 4.29. The van der Waals surface area contributed by atoms with E-state index in [4.69, 9.17) is 0 Å². The van der Waals surface area contributed by atoms with Gasteiger partial charge in [0.2, 0.25) is 5.82 Å². The molecule has 2 aromatic heterocycles. The lowest BCUT2D eigenvalue weighted by Gasteiger charge is -2.42. The molecule has 1 aliphatic rings. The highest BCUT2D eigenvalue weighted by atomic mass is 32.3. The number of quaternary nitrogens is 1. The number of aromatic nitrogens is 2. The first-order valence-electron chi connectivity index (χ1n) is 11.0. The number of thiophene rings is 1. The number of hydrogen-bond acceptors (Lipinski definition) is 6. The van der Waals surface area contributed by atoms with Gasteiger partial charge in [-0.05, 0) is 44.2 Å². The second-order valence-corrected chi connectivity index (χ2v) is 16.0. The van der Waals surface area contributed by atoms with Crippen LogP contribution in [-0.2, 0) is 25.7 Å². The van der Waals surface area contributed by atoms with E-state index in [-0.39, 0.29) is 25.0 Å². The average molecular weight is 568 g/mol. The summed E-state index contributed by atoms with van der Waals surface area (Å²) >= 11 is 0.605. The van der Waals surface area contributed by atoms with Gasteiger partial charge in [0.05, 0.1) is 30.4 Å². The summed E-state index contributed by atoms with van der Waals surface area (Å²) in [6.45, 7) is 4.10. The third-order valence-electron chi connectivity index (χ3n) is 6.09. The van der Waals surface area contributed by atoms with Crippen molar-refractivity contribution in [2.24, 2.45) is 0 Å². The monoisotopic (exact) mass is 567 g/mol. The van der Waals surface area contributed by atoms with Crippen LogP contribution in [-0.4, -0.2) is 52.0 Å². The molecule has 1 aliphatic heterocycles. The molecule has 198 valence electrons. The van der Waals surface area contributed by atoms with Gasteiger partial charge in [-0.15, -0.1) is 11.3 Å². The molecule has 36 heavy (non-hydrogen) atoms. The zero-order valence-electron chi connectivity index (χ0n) is 19.6. The first kappa shape index (κ1) is 26.7. The highest BCUT2D eigenvalue weighted by Crippen LogP contribution is 2.35. The number of amides is 1. The molecule has 1 aromatic carbocycles. The van der Waals surface area contributed by atoms with Gasteiger partial charge in [0.25, 0.3) is 15.9 Å². The van der Waals surface area contributed by atoms with Gasteiger partial charge in [0.1, 0.15) is 4.21 Å². The molecular formula is C21H26F3N4O5S3+. The van der Waals surface area contributed by atoms with Crippen LogP contribution in [0.1, 0.15) is 48.9 Å². The molecule has 1 saturated heterocycles.